The van der Waals surface area contributed by atoms with Crippen LogP contribution >= 0.6 is 0 Å². The third-order valence-electron chi connectivity index (χ3n) is 1.80. The molecule has 17 heavy (non-hydrogen) atoms. The summed E-state index contributed by atoms with van der Waals surface area (Å²) in [6.45, 7) is 2.80. The fraction of sp³-hybridized carbons (Fsp3) is 0.800. The predicted octanol–water partition coefficient (Wildman–Crippen LogP) is -1.64. The molecule has 0 aliphatic rings. The van der Waals surface area contributed by atoms with E-state index in [0.29, 0.717) is 39.5 Å². The monoisotopic (exact) mass is 247 g/mol. The van der Waals surface area contributed by atoms with Gasteiger partial charge in [0.25, 0.3) is 0 Å². The minimum absolute atomic E-state index is 0.0691. The third kappa shape index (κ3) is 12.8. The van der Waals surface area contributed by atoms with E-state index in [-0.39, 0.29) is 18.7 Å². The minimum atomic E-state index is -0.478. The van der Waals surface area contributed by atoms with E-state index in [1.807, 2.05) is 0 Å². The first-order valence-corrected chi connectivity index (χ1v) is 5.57. The standard InChI is InChI=1S/C10H21N3O4/c11-3-5-16-7-8-17-6-4-13-10(15)2-1-9(12)14/h1-8,11H2,(H2,12,14)(H,13,15). The van der Waals surface area contributed by atoms with Gasteiger partial charge in [0.1, 0.15) is 0 Å². The highest BCUT2D eigenvalue weighted by atomic mass is 16.5. The topological polar surface area (TPSA) is 117 Å². The van der Waals surface area contributed by atoms with Crippen molar-refractivity contribution >= 4 is 11.8 Å². The molecule has 0 radical (unpaired) electrons. The number of primary amides is 1. The van der Waals surface area contributed by atoms with Crippen LogP contribution in [0.25, 0.3) is 0 Å². The summed E-state index contributed by atoms with van der Waals surface area (Å²) in [6.07, 6.45) is 0.189. The van der Waals surface area contributed by atoms with Gasteiger partial charge in [-0.2, -0.15) is 0 Å². The highest BCUT2D eigenvalue weighted by Crippen LogP contribution is 1.86. The summed E-state index contributed by atoms with van der Waals surface area (Å²) in [5, 5.41) is 2.61. The molecule has 5 N–H and O–H groups in total. The molecule has 0 saturated heterocycles. The van der Waals surface area contributed by atoms with Crippen LogP contribution in [0.5, 0.6) is 0 Å². The Balaban J connectivity index is 3.16. The van der Waals surface area contributed by atoms with E-state index in [4.69, 9.17) is 20.9 Å². The lowest BCUT2D eigenvalue weighted by Crippen LogP contribution is -2.28. The molecule has 2 amide bonds. The summed E-state index contributed by atoms with van der Waals surface area (Å²) < 4.78 is 10.3. The summed E-state index contributed by atoms with van der Waals surface area (Å²) in [6, 6.07) is 0. The SMILES string of the molecule is NCCOCCOCCNC(=O)CCC(N)=O. The second-order valence-electron chi connectivity index (χ2n) is 3.33. The number of carbonyl (C=O) groups excluding carboxylic acids is 2. The number of hydrogen-bond acceptors (Lipinski definition) is 5. The van der Waals surface area contributed by atoms with Crippen LogP contribution in [0.2, 0.25) is 0 Å². The van der Waals surface area contributed by atoms with Crippen molar-refractivity contribution in [2.75, 3.05) is 39.5 Å². The lowest BCUT2D eigenvalue weighted by atomic mass is 10.3. The zero-order valence-electron chi connectivity index (χ0n) is 9.94. The number of rotatable bonds is 11. The van der Waals surface area contributed by atoms with Crippen molar-refractivity contribution in [3.05, 3.63) is 0 Å². The Bertz CT molecular complexity index is 224. The molecule has 0 aliphatic heterocycles. The molecule has 0 rings (SSSR count). The van der Waals surface area contributed by atoms with Gasteiger partial charge < -0.3 is 26.3 Å². The van der Waals surface area contributed by atoms with Gasteiger partial charge in [-0.15, -0.1) is 0 Å². The van der Waals surface area contributed by atoms with E-state index >= 15 is 0 Å². The van der Waals surface area contributed by atoms with Crippen LogP contribution in [-0.4, -0.2) is 51.3 Å². The second-order valence-corrected chi connectivity index (χ2v) is 3.33. The highest BCUT2D eigenvalue weighted by molar-refractivity contribution is 5.82. The van der Waals surface area contributed by atoms with Crippen molar-refractivity contribution in [2.24, 2.45) is 11.5 Å². The number of carbonyl (C=O) groups is 2. The lowest BCUT2D eigenvalue weighted by Gasteiger charge is -2.06. The van der Waals surface area contributed by atoms with E-state index in [0.717, 1.165) is 0 Å². The molecule has 0 aliphatic carbocycles. The maximum absolute atomic E-state index is 11.1. The number of amides is 2. The number of nitrogens with one attached hydrogen (secondary N) is 1. The first-order chi connectivity index (χ1) is 8.16. The van der Waals surface area contributed by atoms with E-state index in [1.165, 1.54) is 0 Å². The summed E-state index contributed by atoms with van der Waals surface area (Å²) in [5.41, 5.74) is 10.1. The number of nitrogens with two attached hydrogens (primary N) is 2. The van der Waals surface area contributed by atoms with E-state index in [9.17, 15) is 9.59 Å². The van der Waals surface area contributed by atoms with Crippen LogP contribution in [0.3, 0.4) is 0 Å². The Kier molecular flexibility index (Phi) is 10.5. The Labute approximate surface area is 101 Å². The van der Waals surface area contributed by atoms with Crippen LogP contribution in [-0.2, 0) is 19.1 Å². The van der Waals surface area contributed by atoms with Crippen LogP contribution in [0.15, 0.2) is 0 Å². The van der Waals surface area contributed by atoms with Gasteiger partial charge in [0.15, 0.2) is 0 Å². The van der Waals surface area contributed by atoms with Gasteiger partial charge in [-0.1, -0.05) is 0 Å². The van der Waals surface area contributed by atoms with E-state index in [1.54, 1.807) is 0 Å². The molecule has 0 aromatic heterocycles. The molecule has 0 unspecified atom stereocenters. The Hall–Kier alpha value is -1.18. The molecule has 0 atom stereocenters. The molecule has 0 saturated carbocycles. The predicted molar refractivity (Wildman–Crippen MR) is 62.1 cm³/mol. The van der Waals surface area contributed by atoms with Crippen molar-refractivity contribution in [1.82, 2.24) is 5.32 Å². The molecule has 0 bridgehead atoms. The van der Waals surface area contributed by atoms with E-state index in [2.05, 4.69) is 5.32 Å². The smallest absolute Gasteiger partial charge is 0.220 e. The normalized spacial score (nSPS) is 10.2. The Morgan fingerprint density at radius 1 is 1.00 bits per heavy atom. The average Bonchev–Trinajstić information content (AvgIpc) is 2.30. The molecular formula is C10H21N3O4. The average molecular weight is 247 g/mol. The Morgan fingerprint density at radius 2 is 1.65 bits per heavy atom. The highest BCUT2D eigenvalue weighted by Gasteiger charge is 2.02. The first-order valence-electron chi connectivity index (χ1n) is 5.57. The molecular weight excluding hydrogens is 226 g/mol. The Morgan fingerprint density at radius 3 is 2.24 bits per heavy atom. The summed E-state index contributed by atoms with van der Waals surface area (Å²) in [7, 11) is 0. The first kappa shape index (κ1) is 15.8. The molecule has 7 heteroatoms. The van der Waals surface area contributed by atoms with Gasteiger partial charge in [-0.25, -0.2) is 0 Å². The van der Waals surface area contributed by atoms with Crippen molar-refractivity contribution in [3.8, 4) is 0 Å². The lowest BCUT2D eigenvalue weighted by molar-refractivity contribution is -0.125. The molecule has 0 aromatic rings. The molecule has 0 fully saturated rings. The van der Waals surface area contributed by atoms with Gasteiger partial charge in [-0.3, -0.25) is 9.59 Å². The zero-order valence-corrected chi connectivity index (χ0v) is 9.94. The van der Waals surface area contributed by atoms with Gasteiger partial charge in [0, 0.05) is 25.9 Å². The van der Waals surface area contributed by atoms with E-state index < -0.39 is 5.91 Å². The van der Waals surface area contributed by atoms with Crippen LogP contribution in [0.4, 0.5) is 0 Å². The minimum Gasteiger partial charge on any atom is -0.378 e. The van der Waals surface area contributed by atoms with Gasteiger partial charge in [0.05, 0.1) is 26.4 Å². The fourth-order valence-electron chi connectivity index (χ4n) is 0.993. The number of hydrogen-bond donors (Lipinski definition) is 3. The largest absolute Gasteiger partial charge is 0.378 e. The summed E-state index contributed by atoms with van der Waals surface area (Å²) in [5.74, 6) is -0.680. The molecule has 7 nitrogen and oxygen atoms in total. The van der Waals surface area contributed by atoms with Crippen molar-refractivity contribution in [2.45, 2.75) is 12.8 Å². The van der Waals surface area contributed by atoms with Gasteiger partial charge in [0.2, 0.25) is 11.8 Å². The van der Waals surface area contributed by atoms with Gasteiger partial charge in [-0.05, 0) is 0 Å². The van der Waals surface area contributed by atoms with Crippen LogP contribution in [0.1, 0.15) is 12.8 Å². The van der Waals surface area contributed by atoms with Crippen molar-refractivity contribution in [1.29, 1.82) is 0 Å². The molecule has 100 valence electrons. The maximum Gasteiger partial charge on any atom is 0.220 e. The van der Waals surface area contributed by atoms with Crippen molar-refractivity contribution in [3.63, 3.8) is 0 Å². The van der Waals surface area contributed by atoms with Crippen molar-refractivity contribution < 1.29 is 19.1 Å². The summed E-state index contributed by atoms with van der Waals surface area (Å²) >= 11 is 0. The summed E-state index contributed by atoms with van der Waals surface area (Å²) in [4.78, 5) is 21.5. The zero-order chi connectivity index (χ0) is 12.9. The van der Waals surface area contributed by atoms with Gasteiger partial charge >= 0.3 is 0 Å². The molecule has 0 heterocycles. The molecule has 0 spiro atoms. The van der Waals surface area contributed by atoms with Crippen LogP contribution in [0, 0.1) is 0 Å². The van der Waals surface area contributed by atoms with Crippen LogP contribution < -0.4 is 16.8 Å². The number of ether oxygens (including phenoxy) is 2. The quantitative estimate of drug-likeness (QED) is 0.379. The fourth-order valence-corrected chi connectivity index (χ4v) is 0.993. The maximum atomic E-state index is 11.1. The second kappa shape index (κ2) is 11.3. The molecule has 0 aromatic carbocycles. The third-order valence-corrected chi connectivity index (χ3v) is 1.80.